The van der Waals surface area contributed by atoms with E-state index in [1.54, 1.807) is 40.9 Å². The third-order valence-electron chi connectivity index (χ3n) is 5.31. The molecule has 0 radical (unpaired) electrons. The summed E-state index contributed by atoms with van der Waals surface area (Å²) in [5.74, 6) is -0.199. The van der Waals surface area contributed by atoms with E-state index in [2.05, 4.69) is 15.9 Å². The van der Waals surface area contributed by atoms with E-state index >= 15 is 0 Å². The van der Waals surface area contributed by atoms with Gasteiger partial charge in [-0.1, -0.05) is 40.2 Å². The molecule has 4 nitrogen and oxygen atoms in total. The lowest BCUT2D eigenvalue weighted by Gasteiger charge is -2.25. The number of amides is 1. The topological polar surface area (TPSA) is 50.5 Å². The second-order valence-corrected chi connectivity index (χ2v) is 8.79. The lowest BCUT2D eigenvalue weighted by molar-refractivity contribution is 0.0971. The van der Waals surface area contributed by atoms with Gasteiger partial charge in [-0.2, -0.15) is 0 Å². The van der Waals surface area contributed by atoms with Gasteiger partial charge in [-0.3, -0.25) is 14.5 Å². The van der Waals surface area contributed by atoms with Gasteiger partial charge in [0.2, 0.25) is 5.76 Å². The molecule has 1 atom stereocenters. The van der Waals surface area contributed by atoms with Gasteiger partial charge in [0.1, 0.15) is 5.58 Å². The molecule has 0 saturated carbocycles. The average molecular weight is 478 g/mol. The van der Waals surface area contributed by atoms with Gasteiger partial charge in [0.05, 0.1) is 17.0 Å². The van der Waals surface area contributed by atoms with E-state index in [-0.39, 0.29) is 17.1 Å². The van der Waals surface area contributed by atoms with Crippen LogP contribution in [0, 0.1) is 0 Å². The number of fused-ring (bicyclic) bond motifs is 2. The highest BCUT2D eigenvalue weighted by atomic mass is 79.9. The third-order valence-corrected chi connectivity index (χ3v) is 6.59. The Morgan fingerprint density at radius 2 is 1.63 bits per heavy atom. The molecule has 0 fully saturated rings. The van der Waals surface area contributed by atoms with Crippen LogP contribution in [-0.4, -0.2) is 12.2 Å². The lowest BCUT2D eigenvalue weighted by Crippen LogP contribution is -2.29. The first-order valence-electron chi connectivity index (χ1n) is 9.37. The van der Waals surface area contributed by atoms with Crippen LogP contribution < -0.4 is 10.3 Å². The molecular formula is C24H16BrNO3S. The van der Waals surface area contributed by atoms with Crippen LogP contribution >= 0.6 is 27.7 Å². The quantitative estimate of drug-likeness (QED) is 0.338. The number of hydrogen-bond donors (Lipinski definition) is 0. The fraction of sp³-hybridized carbons (Fsp3) is 0.0833. The first-order valence-corrected chi connectivity index (χ1v) is 11.4. The van der Waals surface area contributed by atoms with Crippen LogP contribution in [0.15, 0.2) is 91.4 Å². The monoisotopic (exact) mass is 477 g/mol. The molecule has 1 amide bonds. The summed E-state index contributed by atoms with van der Waals surface area (Å²) in [7, 11) is 0. The van der Waals surface area contributed by atoms with E-state index in [1.807, 2.05) is 54.8 Å². The van der Waals surface area contributed by atoms with Crippen molar-refractivity contribution >= 4 is 50.3 Å². The number of rotatable bonds is 3. The van der Waals surface area contributed by atoms with Crippen molar-refractivity contribution in [3.05, 3.63) is 104 Å². The zero-order valence-corrected chi connectivity index (χ0v) is 18.4. The number of para-hydroxylation sites is 1. The van der Waals surface area contributed by atoms with E-state index in [1.165, 1.54) is 0 Å². The van der Waals surface area contributed by atoms with Crippen LogP contribution in [0.25, 0.3) is 11.0 Å². The van der Waals surface area contributed by atoms with Crippen LogP contribution in [0.2, 0.25) is 0 Å². The number of halogens is 1. The predicted molar refractivity (Wildman–Crippen MR) is 124 cm³/mol. The summed E-state index contributed by atoms with van der Waals surface area (Å²) in [5.41, 5.74) is 2.21. The Hall–Kier alpha value is -2.83. The van der Waals surface area contributed by atoms with E-state index in [0.29, 0.717) is 22.2 Å². The number of anilines is 1. The van der Waals surface area contributed by atoms with Gasteiger partial charge in [0, 0.05) is 15.1 Å². The molecule has 30 heavy (non-hydrogen) atoms. The molecule has 1 aliphatic rings. The average Bonchev–Trinajstić information content (AvgIpc) is 3.07. The van der Waals surface area contributed by atoms with E-state index in [4.69, 9.17) is 4.42 Å². The molecule has 1 unspecified atom stereocenters. The number of nitrogens with zero attached hydrogens (tertiary/aromatic N) is 1. The Morgan fingerprint density at radius 3 is 2.33 bits per heavy atom. The Bertz CT molecular complexity index is 1330. The molecule has 148 valence electrons. The third kappa shape index (κ3) is 2.99. The number of benzene rings is 3. The molecular weight excluding hydrogens is 462 g/mol. The minimum atomic E-state index is -0.551. The molecule has 1 aliphatic heterocycles. The Balaban J connectivity index is 1.78. The first-order chi connectivity index (χ1) is 14.6. The molecule has 5 rings (SSSR count). The van der Waals surface area contributed by atoms with Gasteiger partial charge in [-0.15, -0.1) is 11.8 Å². The van der Waals surface area contributed by atoms with Gasteiger partial charge in [0.15, 0.2) is 5.43 Å². The van der Waals surface area contributed by atoms with E-state index < -0.39 is 6.04 Å². The highest BCUT2D eigenvalue weighted by Crippen LogP contribution is 2.41. The molecule has 4 aromatic rings. The molecule has 0 spiro atoms. The van der Waals surface area contributed by atoms with Crippen LogP contribution in [0.1, 0.15) is 27.7 Å². The van der Waals surface area contributed by atoms with Crippen LogP contribution in [0.3, 0.4) is 0 Å². The number of carbonyl (C=O) groups is 1. The summed E-state index contributed by atoms with van der Waals surface area (Å²) in [5, 5.41) is 0.479. The van der Waals surface area contributed by atoms with Crippen molar-refractivity contribution < 1.29 is 9.21 Å². The fourth-order valence-corrected chi connectivity index (χ4v) is 4.56. The predicted octanol–water partition coefficient (Wildman–Crippen LogP) is 6.03. The summed E-state index contributed by atoms with van der Waals surface area (Å²) in [4.78, 5) is 29.7. The Labute approximate surface area is 185 Å². The Kier molecular flexibility index (Phi) is 4.76. The summed E-state index contributed by atoms with van der Waals surface area (Å²) < 4.78 is 6.88. The molecule has 0 bridgehead atoms. The molecule has 2 heterocycles. The van der Waals surface area contributed by atoms with Crippen molar-refractivity contribution in [1.82, 2.24) is 0 Å². The summed E-state index contributed by atoms with van der Waals surface area (Å²) in [6, 6.07) is 21.9. The van der Waals surface area contributed by atoms with Gasteiger partial charge in [-0.25, -0.2) is 0 Å². The normalized spacial score (nSPS) is 15.6. The Morgan fingerprint density at radius 1 is 0.933 bits per heavy atom. The maximum Gasteiger partial charge on any atom is 0.295 e. The first kappa shape index (κ1) is 19.2. The molecule has 0 saturated heterocycles. The molecule has 1 aromatic heterocycles. The van der Waals surface area contributed by atoms with Crippen molar-refractivity contribution in [2.75, 3.05) is 11.2 Å². The zero-order valence-electron chi connectivity index (χ0n) is 16.0. The van der Waals surface area contributed by atoms with Gasteiger partial charge in [0.25, 0.3) is 5.91 Å². The van der Waals surface area contributed by atoms with Crippen molar-refractivity contribution in [3.8, 4) is 0 Å². The highest BCUT2D eigenvalue weighted by Gasteiger charge is 2.43. The standard InChI is InChI=1S/C24H16BrNO3S/c1-30-17-12-6-14(7-13-17)21-20-22(27)18-4-2-3-5-19(18)29-23(20)24(28)26(21)16-10-8-15(25)9-11-16/h2-13,21H,1H3. The second kappa shape index (κ2) is 7.45. The zero-order chi connectivity index (χ0) is 20.8. The maximum absolute atomic E-state index is 13.5. The van der Waals surface area contributed by atoms with Gasteiger partial charge in [-0.05, 0) is 60.4 Å². The minimum absolute atomic E-state index is 0.112. The van der Waals surface area contributed by atoms with Crippen LogP contribution in [0.4, 0.5) is 5.69 Å². The second-order valence-electron chi connectivity index (χ2n) is 7.00. The van der Waals surface area contributed by atoms with Gasteiger partial charge >= 0.3 is 0 Å². The largest absolute Gasteiger partial charge is 0.450 e. The summed E-state index contributed by atoms with van der Waals surface area (Å²) in [6.07, 6.45) is 2.01. The van der Waals surface area contributed by atoms with Crippen molar-refractivity contribution in [3.63, 3.8) is 0 Å². The maximum atomic E-state index is 13.5. The molecule has 0 N–H and O–H groups in total. The van der Waals surface area contributed by atoms with Crippen LogP contribution in [-0.2, 0) is 0 Å². The van der Waals surface area contributed by atoms with Crippen molar-refractivity contribution in [2.45, 2.75) is 10.9 Å². The molecule has 3 aromatic carbocycles. The minimum Gasteiger partial charge on any atom is -0.450 e. The molecule has 0 aliphatic carbocycles. The number of hydrogen-bond acceptors (Lipinski definition) is 4. The van der Waals surface area contributed by atoms with Crippen molar-refractivity contribution in [2.24, 2.45) is 0 Å². The summed E-state index contributed by atoms with van der Waals surface area (Å²) >= 11 is 5.08. The smallest absolute Gasteiger partial charge is 0.295 e. The number of thioether (sulfide) groups is 1. The fourth-order valence-electron chi connectivity index (χ4n) is 3.89. The lowest BCUT2D eigenvalue weighted by atomic mass is 9.98. The van der Waals surface area contributed by atoms with E-state index in [0.717, 1.165) is 14.9 Å². The molecule has 6 heteroatoms. The summed E-state index contributed by atoms with van der Waals surface area (Å²) in [6.45, 7) is 0. The SMILES string of the molecule is CSc1ccc(C2c3c(oc4ccccc4c3=O)C(=O)N2c2ccc(Br)cc2)cc1. The van der Waals surface area contributed by atoms with E-state index in [9.17, 15) is 9.59 Å². The number of carbonyl (C=O) groups excluding carboxylic acids is 1. The van der Waals surface area contributed by atoms with Gasteiger partial charge < -0.3 is 4.42 Å². The highest BCUT2D eigenvalue weighted by molar-refractivity contribution is 9.10. The van der Waals surface area contributed by atoms with Crippen molar-refractivity contribution in [1.29, 1.82) is 0 Å². The van der Waals surface area contributed by atoms with Crippen LogP contribution in [0.5, 0.6) is 0 Å².